The largest absolute Gasteiger partial charge is 0.458 e. The van der Waals surface area contributed by atoms with Crippen molar-refractivity contribution in [3.63, 3.8) is 0 Å². The van der Waals surface area contributed by atoms with Crippen LogP contribution >= 0.6 is 0 Å². The molecule has 2 rings (SSSR count). The molecule has 0 N–H and O–H groups in total. The molecule has 2 nitrogen and oxygen atoms in total. The monoisotopic (exact) mass is 258 g/mol. The normalized spacial score (nSPS) is 13.6. The molecule has 19 heavy (non-hydrogen) atoms. The third-order valence-corrected chi connectivity index (χ3v) is 2.91. The molecule has 0 aliphatic rings. The molecule has 0 bridgehead atoms. The van der Waals surface area contributed by atoms with E-state index >= 15 is 0 Å². The first-order valence-corrected chi connectivity index (χ1v) is 6.06. The number of hydrogen-bond acceptors (Lipinski definition) is 2. The van der Waals surface area contributed by atoms with Crippen LogP contribution in [0.3, 0.4) is 0 Å². The summed E-state index contributed by atoms with van der Waals surface area (Å²) in [4.78, 5) is 11.8. The molecule has 2 aromatic rings. The quantitative estimate of drug-likeness (QED) is 0.783. The van der Waals surface area contributed by atoms with Crippen LogP contribution in [-0.2, 0) is 21.8 Å². The van der Waals surface area contributed by atoms with Crippen LogP contribution in [0.15, 0.2) is 60.7 Å². The Labute approximate surface area is 111 Å². The van der Waals surface area contributed by atoms with Crippen LogP contribution in [0.2, 0.25) is 0 Å². The van der Waals surface area contributed by atoms with Gasteiger partial charge < -0.3 is 4.74 Å². The Morgan fingerprint density at radius 3 is 2.16 bits per heavy atom. The maximum absolute atomic E-state index is 14.4. The third-order valence-electron chi connectivity index (χ3n) is 2.91. The summed E-state index contributed by atoms with van der Waals surface area (Å²) in [5.74, 6) is -0.873. The van der Waals surface area contributed by atoms with Crippen LogP contribution in [0.4, 0.5) is 4.39 Å². The molecule has 98 valence electrons. The lowest BCUT2D eigenvalue weighted by molar-refractivity contribution is -0.158. The van der Waals surface area contributed by atoms with Crippen molar-refractivity contribution in [3.05, 3.63) is 71.8 Å². The van der Waals surface area contributed by atoms with Gasteiger partial charge in [0.2, 0.25) is 5.67 Å². The molecule has 0 aromatic heterocycles. The highest BCUT2D eigenvalue weighted by molar-refractivity contribution is 5.80. The maximum Gasteiger partial charge on any atom is 0.348 e. The van der Waals surface area contributed by atoms with E-state index in [4.69, 9.17) is 4.74 Å². The van der Waals surface area contributed by atoms with Crippen molar-refractivity contribution in [2.24, 2.45) is 0 Å². The Balaban J connectivity index is 2.03. The molecule has 2 aromatic carbocycles. The van der Waals surface area contributed by atoms with Crippen molar-refractivity contribution < 1.29 is 13.9 Å². The van der Waals surface area contributed by atoms with Crippen LogP contribution in [0.25, 0.3) is 0 Å². The predicted molar refractivity (Wildman–Crippen MR) is 71.1 cm³/mol. The summed E-state index contributed by atoms with van der Waals surface area (Å²) in [6.45, 7) is 1.29. The lowest BCUT2D eigenvalue weighted by Gasteiger charge is -2.19. The van der Waals surface area contributed by atoms with Gasteiger partial charge in [-0.3, -0.25) is 0 Å². The minimum Gasteiger partial charge on any atom is -0.458 e. The van der Waals surface area contributed by atoms with E-state index in [-0.39, 0.29) is 6.61 Å². The number of rotatable bonds is 4. The van der Waals surface area contributed by atoms with E-state index in [2.05, 4.69) is 0 Å². The Morgan fingerprint density at radius 1 is 1.05 bits per heavy atom. The van der Waals surface area contributed by atoms with Gasteiger partial charge in [0.05, 0.1) is 0 Å². The van der Waals surface area contributed by atoms with Gasteiger partial charge in [-0.25, -0.2) is 9.18 Å². The topological polar surface area (TPSA) is 26.3 Å². The van der Waals surface area contributed by atoms with Gasteiger partial charge in [0.1, 0.15) is 6.61 Å². The summed E-state index contributed by atoms with van der Waals surface area (Å²) in [7, 11) is 0. The number of esters is 1. The number of carbonyl (C=O) groups excluding carboxylic acids is 1. The molecule has 1 unspecified atom stereocenters. The van der Waals surface area contributed by atoms with E-state index in [1.807, 2.05) is 30.3 Å². The molecule has 0 radical (unpaired) electrons. The Morgan fingerprint density at radius 2 is 1.58 bits per heavy atom. The highest BCUT2D eigenvalue weighted by Gasteiger charge is 2.36. The fourth-order valence-corrected chi connectivity index (χ4v) is 1.73. The number of benzene rings is 2. The second kappa shape index (κ2) is 5.65. The van der Waals surface area contributed by atoms with Gasteiger partial charge >= 0.3 is 5.97 Å². The molecule has 0 aliphatic carbocycles. The van der Waals surface area contributed by atoms with Crippen LogP contribution in [0, 0.1) is 0 Å². The first-order valence-electron chi connectivity index (χ1n) is 6.06. The van der Waals surface area contributed by atoms with Gasteiger partial charge in [0.25, 0.3) is 0 Å². The number of carbonyl (C=O) groups is 1. The molecule has 0 fully saturated rings. The molecule has 0 saturated carbocycles. The first-order chi connectivity index (χ1) is 9.10. The molecule has 0 aliphatic heterocycles. The van der Waals surface area contributed by atoms with Crippen LogP contribution in [0.1, 0.15) is 18.1 Å². The number of hydrogen-bond donors (Lipinski definition) is 0. The number of ether oxygens (including phenoxy) is 1. The van der Waals surface area contributed by atoms with Gasteiger partial charge in [-0.15, -0.1) is 0 Å². The lowest BCUT2D eigenvalue weighted by atomic mass is 9.98. The summed E-state index contributed by atoms with van der Waals surface area (Å²) in [6.07, 6.45) is 0. The summed E-state index contributed by atoms with van der Waals surface area (Å²) in [5.41, 5.74) is -0.997. The van der Waals surface area contributed by atoms with Crippen molar-refractivity contribution in [3.8, 4) is 0 Å². The van der Waals surface area contributed by atoms with Crippen molar-refractivity contribution >= 4 is 5.97 Å². The van der Waals surface area contributed by atoms with Gasteiger partial charge in [0.15, 0.2) is 0 Å². The molecule has 0 amide bonds. The Bertz CT molecular complexity index is 535. The fourth-order valence-electron chi connectivity index (χ4n) is 1.73. The molecular weight excluding hydrogens is 243 g/mol. The van der Waals surface area contributed by atoms with E-state index in [1.54, 1.807) is 30.3 Å². The number of halogens is 1. The van der Waals surface area contributed by atoms with Crippen LogP contribution < -0.4 is 0 Å². The standard InChI is InChI=1S/C16H15FO2/c1-16(17,14-10-6-3-7-11-14)15(18)19-12-13-8-4-2-5-9-13/h2-11H,12H2,1H3. The molecule has 0 heterocycles. The molecule has 1 atom stereocenters. The molecule has 0 spiro atoms. The van der Waals surface area contributed by atoms with Gasteiger partial charge in [0, 0.05) is 5.56 Å². The smallest absolute Gasteiger partial charge is 0.348 e. The van der Waals surface area contributed by atoms with E-state index < -0.39 is 11.6 Å². The molecule has 3 heteroatoms. The first kappa shape index (κ1) is 13.3. The van der Waals surface area contributed by atoms with Crippen molar-refractivity contribution in [2.75, 3.05) is 0 Å². The third kappa shape index (κ3) is 3.19. The van der Waals surface area contributed by atoms with Gasteiger partial charge in [-0.2, -0.15) is 0 Å². The van der Waals surface area contributed by atoms with Crippen molar-refractivity contribution in [1.82, 2.24) is 0 Å². The highest BCUT2D eigenvalue weighted by atomic mass is 19.1. The zero-order valence-electron chi connectivity index (χ0n) is 10.7. The second-order valence-corrected chi connectivity index (χ2v) is 4.43. The highest BCUT2D eigenvalue weighted by Crippen LogP contribution is 2.27. The van der Waals surface area contributed by atoms with E-state index in [0.29, 0.717) is 5.56 Å². The van der Waals surface area contributed by atoms with Crippen molar-refractivity contribution in [1.29, 1.82) is 0 Å². The Kier molecular flexibility index (Phi) is 3.95. The van der Waals surface area contributed by atoms with E-state index in [0.717, 1.165) is 5.56 Å². The average Bonchev–Trinajstić information content (AvgIpc) is 2.46. The van der Waals surface area contributed by atoms with Gasteiger partial charge in [-0.05, 0) is 12.5 Å². The summed E-state index contributed by atoms with van der Waals surface area (Å²) in [5, 5.41) is 0. The molecule has 0 saturated heterocycles. The van der Waals surface area contributed by atoms with Crippen LogP contribution in [-0.4, -0.2) is 5.97 Å². The summed E-state index contributed by atoms with van der Waals surface area (Å²) < 4.78 is 19.5. The van der Waals surface area contributed by atoms with Crippen molar-refractivity contribution in [2.45, 2.75) is 19.2 Å². The fraction of sp³-hybridized carbons (Fsp3) is 0.188. The van der Waals surface area contributed by atoms with E-state index in [1.165, 1.54) is 6.92 Å². The minimum atomic E-state index is -2.13. The lowest BCUT2D eigenvalue weighted by Crippen LogP contribution is -2.29. The zero-order chi connectivity index (χ0) is 13.7. The maximum atomic E-state index is 14.4. The summed E-state index contributed by atoms with van der Waals surface area (Å²) in [6, 6.07) is 17.5. The number of alkyl halides is 1. The molecular formula is C16H15FO2. The summed E-state index contributed by atoms with van der Waals surface area (Å²) >= 11 is 0. The van der Waals surface area contributed by atoms with E-state index in [9.17, 15) is 9.18 Å². The van der Waals surface area contributed by atoms with Gasteiger partial charge in [-0.1, -0.05) is 60.7 Å². The second-order valence-electron chi connectivity index (χ2n) is 4.43. The SMILES string of the molecule is CC(F)(C(=O)OCc1ccccc1)c1ccccc1. The predicted octanol–water partition coefficient (Wildman–Crippen LogP) is 3.61. The van der Waals surface area contributed by atoms with Crippen LogP contribution in [0.5, 0.6) is 0 Å². The average molecular weight is 258 g/mol. The Hall–Kier alpha value is -2.16. The minimum absolute atomic E-state index is 0.0754. The zero-order valence-corrected chi connectivity index (χ0v) is 10.7.